The molecule has 8 nitrogen and oxygen atoms in total. The minimum atomic E-state index is -0.639. The van der Waals surface area contributed by atoms with Crippen LogP contribution in [0.2, 0.25) is 0 Å². The number of carbonyl (C=O) groups is 2. The molecule has 3 fully saturated rings. The first kappa shape index (κ1) is 27.2. The summed E-state index contributed by atoms with van der Waals surface area (Å²) in [6.45, 7) is 2.98. The van der Waals surface area contributed by atoms with Crippen LogP contribution in [-0.2, 0) is 22.6 Å². The molecule has 3 aliphatic rings. The highest BCUT2D eigenvalue weighted by atomic mass is 19.1. The zero-order chi connectivity index (χ0) is 27.6. The van der Waals surface area contributed by atoms with Gasteiger partial charge in [0, 0.05) is 68.4 Å². The zero-order valence-electron chi connectivity index (χ0n) is 22.1. The van der Waals surface area contributed by atoms with Gasteiger partial charge in [0.05, 0.1) is 6.54 Å². The summed E-state index contributed by atoms with van der Waals surface area (Å²) >= 11 is 0. The van der Waals surface area contributed by atoms with E-state index in [4.69, 9.17) is 16.2 Å². The number of amides is 2. The highest BCUT2D eigenvalue weighted by Crippen LogP contribution is 2.36. The Hall–Kier alpha value is -3.40. The minimum absolute atomic E-state index is 0.00744. The molecule has 2 aromatic rings. The van der Waals surface area contributed by atoms with Crippen LogP contribution in [0.3, 0.4) is 0 Å². The fourth-order valence-electron chi connectivity index (χ4n) is 6.10. The molecule has 0 unspecified atom stereocenters. The molecule has 0 radical (unpaired) electrons. The van der Waals surface area contributed by atoms with E-state index in [0.717, 1.165) is 43.4 Å². The number of hydrogen-bond donors (Lipinski definition) is 3. The lowest BCUT2D eigenvalue weighted by Gasteiger charge is -2.37. The molecule has 10 heteroatoms. The van der Waals surface area contributed by atoms with Gasteiger partial charge in [0.25, 0.3) is 0 Å². The summed E-state index contributed by atoms with van der Waals surface area (Å²) in [6, 6.07) is 9.76. The number of hydrogen-bond acceptors (Lipinski definition) is 6. The number of nitrogens with two attached hydrogens (primary N) is 2. The number of nitrogens with zero attached hydrogens (tertiary/aromatic N) is 2. The first-order chi connectivity index (χ1) is 18.7. The first-order valence-electron chi connectivity index (χ1n) is 13.8. The lowest BCUT2D eigenvalue weighted by atomic mass is 9.81. The largest absolute Gasteiger partial charge is 0.441 e. The van der Waals surface area contributed by atoms with Gasteiger partial charge >= 0.3 is 6.09 Å². The molecular formula is C29H37F2N5O3. The summed E-state index contributed by atoms with van der Waals surface area (Å²) in [5.74, 6) is -0.867. The monoisotopic (exact) mass is 541 g/mol. The van der Waals surface area contributed by atoms with Crippen molar-refractivity contribution in [2.24, 2.45) is 11.8 Å². The molecule has 2 heterocycles. The van der Waals surface area contributed by atoms with E-state index in [1.807, 2.05) is 29.2 Å². The molecular weight excluding hydrogens is 504 g/mol. The van der Waals surface area contributed by atoms with Crippen molar-refractivity contribution in [1.82, 2.24) is 15.1 Å². The van der Waals surface area contributed by atoms with E-state index in [1.165, 1.54) is 0 Å². The minimum Gasteiger partial charge on any atom is -0.441 e. The summed E-state index contributed by atoms with van der Waals surface area (Å²) < 4.78 is 34.3. The van der Waals surface area contributed by atoms with Gasteiger partial charge < -0.3 is 26.4 Å². The Morgan fingerprint density at radius 1 is 1.00 bits per heavy atom. The molecule has 2 saturated heterocycles. The van der Waals surface area contributed by atoms with Crippen LogP contribution in [0.25, 0.3) is 0 Å². The fourth-order valence-corrected chi connectivity index (χ4v) is 6.10. The second kappa shape index (κ2) is 11.4. The maximum absolute atomic E-state index is 14.2. The van der Waals surface area contributed by atoms with Gasteiger partial charge in [-0.05, 0) is 61.4 Å². The number of halogens is 2. The van der Waals surface area contributed by atoms with Crippen LogP contribution in [0.15, 0.2) is 36.4 Å². The van der Waals surface area contributed by atoms with E-state index in [1.54, 1.807) is 4.90 Å². The molecule has 0 atom stereocenters. The zero-order valence-corrected chi connectivity index (χ0v) is 22.1. The number of rotatable bonds is 7. The Morgan fingerprint density at radius 3 is 2.28 bits per heavy atom. The number of carbonyl (C=O) groups excluding carboxylic acids is 2. The molecule has 2 amide bonds. The molecule has 2 aliphatic heterocycles. The number of benzene rings is 2. The van der Waals surface area contributed by atoms with Gasteiger partial charge in [-0.15, -0.1) is 0 Å². The van der Waals surface area contributed by atoms with Crippen molar-refractivity contribution < 1.29 is 23.1 Å². The van der Waals surface area contributed by atoms with Crippen LogP contribution in [0.4, 0.5) is 25.0 Å². The molecule has 5 N–H and O–H groups in total. The molecule has 39 heavy (non-hydrogen) atoms. The van der Waals surface area contributed by atoms with Gasteiger partial charge in [-0.25, -0.2) is 13.6 Å². The van der Waals surface area contributed by atoms with Crippen molar-refractivity contribution >= 4 is 23.4 Å². The average molecular weight is 542 g/mol. The quantitative estimate of drug-likeness (QED) is 0.456. The number of likely N-dealkylation sites (tertiary alicyclic amines) is 1. The van der Waals surface area contributed by atoms with Crippen molar-refractivity contribution in [2.75, 3.05) is 37.6 Å². The molecule has 1 spiro atoms. The number of anilines is 2. The van der Waals surface area contributed by atoms with Crippen LogP contribution in [0.1, 0.15) is 49.7 Å². The van der Waals surface area contributed by atoms with Crippen molar-refractivity contribution in [3.8, 4) is 0 Å². The lowest BCUT2D eigenvalue weighted by molar-refractivity contribution is -0.126. The number of nitrogens with one attached hydrogen (secondary N) is 1. The van der Waals surface area contributed by atoms with Crippen molar-refractivity contribution in [3.05, 3.63) is 59.2 Å². The normalized spacial score (nSPS) is 23.1. The third kappa shape index (κ3) is 6.43. The SMILES string of the molecule is Nc1ccc(CNC(=O)C2CCC(CN3CC4(CCN(Cc5c(F)cc(N)cc5F)CC4)OC3=O)CC2)cc1. The van der Waals surface area contributed by atoms with Crippen LogP contribution >= 0.6 is 0 Å². The third-order valence-electron chi connectivity index (χ3n) is 8.50. The van der Waals surface area contributed by atoms with Gasteiger partial charge in [-0.1, -0.05) is 12.1 Å². The molecule has 1 aliphatic carbocycles. The van der Waals surface area contributed by atoms with E-state index < -0.39 is 17.2 Å². The van der Waals surface area contributed by atoms with Gasteiger partial charge in [-0.3, -0.25) is 9.69 Å². The smallest absolute Gasteiger partial charge is 0.410 e. The Bertz CT molecular complexity index is 1170. The van der Waals surface area contributed by atoms with Crippen molar-refractivity contribution in [2.45, 2.75) is 57.2 Å². The third-order valence-corrected chi connectivity index (χ3v) is 8.50. The van der Waals surface area contributed by atoms with E-state index in [2.05, 4.69) is 5.32 Å². The van der Waals surface area contributed by atoms with E-state index >= 15 is 0 Å². The predicted octanol–water partition coefficient (Wildman–Crippen LogP) is 4.04. The van der Waals surface area contributed by atoms with Gasteiger partial charge in [0.1, 0.15) is 17.2 Å². The number of nitrogen functional groups attached to an aromatic ring is 2. The van der Waals surface area contributed by atoms with E-state index in [0.29, 0.717) is 57.2 Å². The van der Waals surface area contributed by atoms with Gasteiger partial charge in [0.2, 0.25) is 5.91 Å². The Balaban J connectivity index is 1.06. The van der Waals surface area contributed by atoms with E-state index in [-0.39, 0.29) is 35.7 Å². The topological polar surface area (TPSA) is 114 Å². The summed E-state index contributed by atoms with van der Waals surface area (Å²) in [5.41, 5.74) is 12.5. The summed E-state index contributed by atoms with van der Waals surface area (Å²) in [7, 11) is 0. The summed E-state index contributed by atoms with van der Waals surface area (Å²) in [6.07, 6.45) is 4.34. The lowest BCUT2D eigenvalue weighted by Crippen LogP contribution is -2.47. The molecule has 2 aromatic carbocycles. The molecule has 1 saturated carbocycles. The fraction of sp³-hybridized carbons (Fsp3) is 0.517. The standard InChI is InChI=1S/C29H37F2N5O3/c30-25-13-23(33)14-26(31)24(25)17-35-11-9-29(10-12-35)18-36(28(38)39-29)16-20-1-5-21(6-2-20)27(37)34-15-19-3-7-22(32)8-4-19/h3-4,7-8,13-14,20-21H,1-2,5-6,9-12,15-18,32-33H2,(H,34,37). The molecule has 210 valence electrons. The highest BCUT2D eigenvalue weighted by molar-refractivity contribution is 5.78. The average Bonchev–Trinajstić information content (AvgIpc) is 3.21. The maximum atomic E-state index is 14.2. The molecule has 0 aromatic heterocycles. The second-order valence-corrected chi connectivity index (χ2v) is 11.3. The first-order valence-corrected chi connectivity index (χ1v) is 13.8. The van der Waals surface area contributed by atoms with Crippen LogP contribution in [0.5, 0.6) is 0 Å². The number of ether oxygens (including phenoxy) is 1. The van der Waals surface area contributed by atoms with E-state index in [9.17, 15) is 18.4 Å². The molecule has 0 bridgehead atoms. The van der Waals surface area contributed by atoms with Crippen molar-refractivity contribution in [1.29, 1.82) is 0 Å². The molecule has 5 rings (SSSR count). The number of piperidine rings is 1. The van der Waals surface area contributed by atoms with Crippen LogP contribution in [-0.4, -0.2) is 53.6 Å². The summed E-state index contributed by atoms with van der Waals surface area (Å²) in [4.78, 5) is 29.2. The highest BCUT2D eigenvalue weighted by Gasteiger charge is 2.47. The van der Waals surface area contributed by atoms with Crippen molar-refractivity contribution in [3.63, 3.8) is 0 Å². The Labute approximate surface area is 227 Å². The summed E-state index contributed by atoms with van der Waals surface area (Å²) in [5, 5.41) is 3.03. The Morgan fingerprint density at radius 2 is 1.64 bits per heavy atom. The van der Waals surface area contributed by atoms with Crippen LogP contribution in [0, 0.1) is 23.5 Å². The second-order valence-electron chi connectivity index (χ2n) is 11.3. The van der Waals surface area contributed by atoms with Gasteiger partial charge in [-0.2, -0.15) is 0 Å². The maximum Gasteiger partial charge on any atom is 0.410 e. The Kier molecular flexibility index (Phi) is 7.93. The van der Waals surface area contributed by atoms with Gasteiger partial charge in [0.15, 0.2) is 0 Å². The predicted molar refractivity (Wildman–Crippen MR) is 144 cm³/mol. The van der Waals surface area contributed by atoms with Crippen LogP contribution < -0.4 is 16.8 Å².